The van der Waals surface area contributed by atoms with Gasteiger partial charge < -0.3 is 10.6 Å². The molecule has 140 valence electrons. The Kier molecular flexibility index (Phi) is 5.98. The minimum atomic E-state index is -0.804. The highest BCUT2D eigenvalue weighted by Crippen LogP contribution is 2.27. The van der Waals surface area contributed by atoms with Crippen molar-refractivity contribution in [2.45, 2.75) is 18.9 Å². The average Bonchev–Trinajstić information content (AvgIpc) is 2.91. The van der Waals surface area contributed by atoms with Crippen molar-refractivity contribution in [3.8, 4) is 11.1 Å². The van der Waals surface area contributed by atoms with Crippen molar-refractivity contribution in [2.24, 2.45) is 0 Å². The molecule has 27 heavy (non-hydrogen) atoms. The van der Waals surface area contributed by atoms with Crippen LogP contribution >= 0.6 is 23.2 Å². The quantitative estimate of drug-likeness (QED) is 0.645. The fourth-order valence-corrected chi connectivity index (χ4v) is 3.32. The van der Waals surface area contributed by atoms with Gasteiger partial charge in [-0.3, -0.25) is 14.9 Å². The normalized spacial score (nSPS) is 16.0. The molecule has 1 aliphatic rings. The molecule has 1 fully saturated rings. The van der Waals surface area contributed by atoms with E-state index < -0.39 is 18.0 Å². The summed E-state index contributed by atoms with van der Waals surface area (Å²) in [6.45, 7) is 0.434. The molecule has 1 aliphatic heterocycles. The third-order valence-corrected chi connectivity index (χ3v) is 4.57. The minimum absolute atomic E-state index is 0.0773. The zero-order chi connectivity index (χ0) is 19.4. The Morgan fingerprint density at radius 3 is 2.26 bits per heavy atom. The first-order valence-corrected chi connectivity index (χ1v) is 9.10. The van der Waals surface area contributed by atoms with Gasteiger partial charge in [0.2, 0.25) is 5.91 Å². The highest BCUT2D eigenvalue weighted by atomic mass is 35.5. The van der Waals surface area contributed by atoms with E-state index in [-0.39, 0.29) is 12.3 Å². The van der Waals surface area contributed by atoms with E-state index in [1.54, 1.807) is 6.07 Å². The van der Waals surface area contributed by atoms with Crippen LogP contribution in [0.4, 0.5) is 4.79 Å². The van der Waals surface area contributed by atoms with Crippen LogP contribution in [0.15, 0.2) is 42.5 Å². The lowest BCUT2D eigenvalue weighted by atomic mass is 10.0. The van der Waals surface area contributed by atoms with Crippen molar-refractivity contribution < 1.29 is 14.4 Å². The van der Waals surface area contributed by atoms with Crippen molar-refractivity contribution in [1.82, 2.24) is 16.0 Å². The van der Waals surface area contributed by atoms with Gasteiger partial charge in [-0.05, 0) is 41.3 Å². The predicted molar refractivity (Wildman–Crippen MR) is 104 cm³/mol. The van der Waals surface area contributed by atoms with Gasteiger partial charge in [0.25, 0.3) is 5.91 Å². The molecule has 2 aromatic carbocycles. The molecular formula is C19H17Cl2N3O3. The zero-order valence-electron chi connectivity index (χ0n) is 14.2. The van der Waals surface area contributed by atoms with Crippen LogP contribution in [0.25, 0.3) is 11.1 Å². The van der Waals surface area contributed by atoms with E-state index in [4.69, 9.17) is 23.2 Å². The van der Waals surface area contributed by atoms with Gasteiger partial charge in [-0.2, -0.15) is 0 Å². The Balaban J connectivity index is 1.49. The van der Waals surface area contributed by atoms with Crippen molar-refractivity contribution in [2.75, 3.05) is 6.54 Å². The summed E-state index contributed by atoms with van der Waals surface area (Å²) in [5.41, 5.74) is 2.98. The van der Waals surface area contributed by atoms with Gasteiger partial charge in [-0.15, -0.1) is 0 Å². The van der Waals surface area contributed by atoms with E-state index in [2.05, 4.69) is 16.0 Å². The summed E-state index contributed by atoms with van der Waals surface area (Å²) < 4.78 is 0. The number of hydrogen-bond acceptors (Lipinski definition) is 3. The molecule has 0 bridgehead atoms. The van der Waals surface area contributed by atoms with E-state index in [0.717, 1.165) is 16.7 Å². The second kappa shape index (κ2) is 8.41. The highest BCUT2D eigenvalue weighted by molar-refractivity contribution is 6.35. The Hall–Kier alpha value is -2.57. The van der Waals surface area contributed by atoms with Crippen molar-refractivity contribution in [1.29, 1.82) is 0 Å². The zero-order valence-corrected chi connectivity index (χ0v) is 15.7. The van der Waals surface area contributed by atoms with Crippen LogP contribution in [0, 0.1) is 0 Å². The molecule has 0 spiro atoms. The van der Waals surface area contributed by atoms with Crippen molar-refractivity contribution in [3.63, 3.8) is 0 Å². The van der Waals surface area contributed by atoms with E-state index in [9.17, 15) is 14.4 Å². The number of carbonyl (C=O) groups is 3. The number of halogens is 2. The lowest BCUT2D eigenvalue weighted by Gasteiger charge is -2.09. The van der Waals surface area contributed by atoms with Crippen LogP contribution in [0.3, 0.4) is 0 Å². The summed E-state index contributed by atoms with van der Waals surface area (Å²) in [5.74, 6) is -0.769. The molecule has 1 atom stereocenters. The number of imide groups is 1. The van der Waals surface area contributed by atoms with Gasteiger partial charge in [-0.25, -0.2) is 4.79 Å². The number of carbonyl (C=O) groups excluding carboxylic acids is 3. The fourth-order valence-electron chi connectivity index (χ4n) is 2.79. The fraction of sp³-hybridized carbons (Fsp3) is 0.211. The van der Waals surface area contributed by atoms with E-state index in [1.807, 2.05) is 36.4 Å². The molecule has 6 nitrogen and oxygen atoms in total. The molecule has 0 aromatic heterocycles. The maximum absolute atomic E-state index is 11.9. The number of nitrogens with one attached hydrogen (secondary N) is 3. The monoisotopic (exact) mass is 405 g/mol. The maximum Gasteiger partial charge on any atom is 0.322 e. The first-order valence-electron chi connectivity index (χ1n) is 8.34. The third-order valence-electron chi connectivity index (χ3n) is 4.13. The first-order chi connectivity index (χ1) is 12.9. The molecule has 3 rings (SSSR count). The molecule has 4 amide bonds. The van der Waals surface area contributed by atoms with Crippen LogP contribution < -0.4 is 16.0 Å². The van der Waals surface area contributed by atoms with E-state index in [0.29, 0.717) is 23.0 Å². The molecule has 0 aliphatic carbocycles. The molecule has 0 radical (unpaired) electrons. The smallest absolute Gasteiger partial charge is 0.322 e. The molecule has 1 saturated heterocycles. The summed E-state index contributed by atoms with van der Waals surface area (Å²) in [6, 6.07) is 11.9. The van der Waals surface area contributed by atoms with Crippen LogP contribution in [0.1, 0.15) is 12.0 Å². The predicted octanol–water partition coefficient (Wildman–Crippen LogP) is 2.92. The van der Waals surface area contributed by atoms with Gasteiger partial charge in [0, 0.05) is 16.6 Å². The molecule has 1 heterocycles. The largest absolute Gasteiger partial charge is 0.356 e. The van der Waals surface area contributed by atoms with Gasteiger partial charge in [-0.1, -0.05) is 47.5 Å². The van der Waals surface area contributed by atoms with E-state index >= 15 is 0 Å². The topological polar surface area (TPSA) is 87.3 Å². The maximum atomic E-state index is 11.9. The summed E-state index contributed by atoms with van der Waals surface area (Å²) in [6.07, 6.45) is 0.567. The summed E-state index contributed by atoms with van der Waals surface area (Å²) in [4.78, 5) is 34.3. The summed E-state index contributed by atoms with van der Waals surface area (Å²) in [5, 5.41) is 8.40. The number of amides is 4. The number of benzene rings is 2. The van der Waals surface area contributed by atoms with Gasteiger partial charge in [0.05, 0.1) is 6.42 Å². The van der Waals surface area contributed by atoms with Crippen LogP contribution in [0.2, 0.25) is 10.0 Å². The molecule has 0 saturated carbocycles. The Morgan fingerprint density at radius 1 is 1.00 bits per heavy atom. The lowest BCUT2D eigenvalue weighted by molar-refractivity contribution is -0.126. The SMILES string of the molecule is O=C(CC1NC(=O)NC1=O)NCCc1ccc(-c2cc(Cl)cc(Cl)c2)cc1. The Labute approximate surface area is 166 Å². The second-order valence-electron chi connectivity index (χ2n) is 6.17. The summed E-state index contributed by atoms with van der Waals surface area (Å²) in [7, 11) is 0. The summed E-state index contributed by atoms with van der Waals surface area (Å²) >= 11 is 12.1. The van der Waals surface area contributed by atoms with Crippen molar-refractivity contribution in [3.05, 3.63) is 58.1 Å². The number of hydrogen-bond donors (Lipinski definition) is 3. The molecule has 3 N–H and O–H groups in total. The number of urea groups is 1. The van der Waals surface area contributed by atoms with Gasteiger partial charge >= 0.3 is 6.03 Å². The van der Waals surface area contributed by atoms with Crippen LogP contribution in [-0.2, 0) is 16.0 Å². The van der Waals surface area contributed by atoms with Crippen LogP contribution in [0.5, 0.6) is 0 Å². The standard InChI is InChI=1S/C19H17Cl2N3O3/c20-14-7-13(8-15(21)9-14)12-3-1-11(2-4-12)5-6-22-17(25)10-16-18(26)24-19(27)23-16/h1-4,7-9,16H,5-6,10H2,(H,22,25)(H2,23,24,26,27). The minimum Gasteiger partial charge on any atom is -0.356 e. The lowest BCUT2D eigenvalue weighted by Crippen LogP contribution is -2.36. The average molecular weight is 406 g/mol. The Morgan fingerprint density at radius 2 is 1.67 bits per heavy atom. The molecular weight excluding hydrogens is 389 g/mol. The molecule has 2 aromatic rings. The highest BCUT2D eigenvalue weighted by Gasteiger charge is 2.30. The van der Waals surface area contributed by atoms with Gasteiger partial charge in [0.15, 0.2) is 0 Å². The van der Waals surface area contributed by atoms with Crippen LogP contribution in [-0.4, -0.2) is 30.4 Å². The molecule has 8 heteroatoms. The Bertz CT molecular complexity index is 864. The third kappa shape index (κ3) is 5.21. The van der Waals surface area contributed by atoms with E-state index in [1.165, 1.54) is 0 Å². The van der Waals surface area contributed by atoms with Gasteiger partial charge in [0.1, 0.15) is 6.04 Å². The first kappa shape index (κ1) is 19.2. The molecule has 1 unspecified atom stereocenters. The number of rotatable bonds is 6. The van der Waals surface area contributed by atoms with Crippen molar-refractivity contribution >= 4 is 41.0 Å². The second-order valence-corrected chi connectivity index (χ2v) is 7.05.